The van der Waals surface area contributed by atoms with E-state index in [2.05, 4.69) is 5.32 Å². The topological polar surface area (TPSA) is 84.7 Å². The van der Waals surface area contributed by atoms with Crippen molar-refractivity contribution in [3.05, 3.63) is 57.1 Å². The molecule has 0 atom stereocenters. The molecule has 0 saturated heterocycles. The molecule has 1 N–H and O–H groups in total. The maximum atomic E-state index is 12.6. The number of rotatable bonds is 3. The Labute approximate surface area is 136 Å². The van der Waals surface area contributed by atoms with Crippen molar-refractivity contribution in [1.82, 2.24) is 0 Å². The average molecular weight is 334 g/mol. The lowest BCUT2D eigenvalue weighted by atomic mass is 10.1. The van der Waals surface area contributed by atoms with Gasteiger partial charge < -0.3 is 10.1 Å². The van der Waals surface area contributed by atoms with Crippen molar-refractivity contribution in [2.24, 2.45) is 0 Å². The molecule has 118 valence electrons. The maximum absolute atomic E-state index is 12.6. The Bertz CT molecular complexity index is 792. The second-order valence-corrected chi connectivity index (χ2v) is 5.27. The smallest absolute Gasteiger partial charge is 0.269 e. The number of nitrogens with one attached hydrogen (secondary N) is 1. The number of non-ortho nitro benzene ring substituents is 1. The largest absolute Gasteiger partial charge is 0.472 e. The molecule has 1 aliphatic rings. The summed E-state index contributed by atoms with van der Waals surface area (Å²) in [5, 5.41) is 14.0. The van der Waals surface area contributed by atoms with Crippen molar-refractivity contribution in [1.29, 1.82) is 0 Å². The van der Waals surface area contributed by atoms with Crippen LogP contribution >= 0.6 is 11.6 Å². The van der Waals surface area contributed by atoms with Crippen LogP contribution in [0.5, 0.6) is 5.75 Å². The first-order valence-corrected chi connectivity index (χ1v) is 7.09. The van der Waals surface area contributed by atoms with Crippen LogP contribution in [-0.2, 0) is 0 Å². The van der Waals surface area contributed by atoms with Crippen LogP contribution in [0.25, 0.3) is 0 Å². The summed E-state index contributed by atoms with van der Waals surface area (Å²) in [6.45, 7) is 0.0223. The third-order valence-corrected chi connectivity index (χ3v) is 3.85. The van der Waals surface area contributed by atoms with Gasteiger partial charge in [0.2, 0.25) is 0 Å². The molecule has 0 spiro atoms. The molecule has 0 saturated carbocycles. The second-order valence-electron chi connectivity index (χ2n) is 4.86. The van der Waals surface area contributed by atoms with Gasteiger partial charge in [0.25, 0.3) is 11.6 Å². The molecule has 1 aliphatic heterocycles. The van der Waals surface area contributed by atoms with Gasteiger partial charge in [0, 0.05) is 30.9 Å². The molecular weight excluding hydrogens is 322 g/mol. The highest BCUT2D eigenvalue weighted by Crippen LogP contribution is 2.35. The molecule has 23 heavy (non-hydrogen) atoms. The molecule has 7 nitrogen and oxygen atoms in total. The Morgan fingerprint density at radius 3 is 2.61 bits per heavy atom. The van der Waals surface area contributed by atoms with Crippen LogP contribution in [0.1, 0.15) is 10.4 Å². The molecule has 0 radical (unpaired) electrons. The minimum Gasteiger partial charge on any atom is -0.472 e. The number of amides is 1. The third kappa shape index (κ3) is 2.66. The summed E-state index contributed by atoms with van der Waals surface area (Å²) in [5.41, 5.74) is 1.49. The molecule has 0 aliphatic carbocycles. The number of carbonyl (C=O) groups excluding carboxylic acids is 1. The van der Waals surface area contributed by atoms with Crippen molar-refractivity contribution < 1.29 is 14.5 Å². The van der Waals surface area contributed by atoms with Crippen LogP contribution in [0, 0.1) is 10.1 Å². The number of benzene rings is 2. The van der Waals surface area contributed by atoms with Crippen LogP contribution in [0.4, 0.5) is 17.1 Å². The lowest BCUT2D eigenvalue weighted by Crippen LogP contribution is -2.38. The first-order valence-electron chi connectivity index (χ1n) is 6.71. The Balaban J connectivity index is 1.94. The van der Waals surface area contributed by atoms with Gasteiger partial charge in [-0.1, -0.05) is 11.6 Å². The van der Waals surface area contributed by atoms with Gasteiger partial charge in [-0.3, -0.25) is 19.8 Å². The van der Waals surface area contributed by atoms with Crippen LogP contribution in [0.15, 0.2) is 36.4 Å². The first-order chi connectivity index (χ1) is 11.0. The number of nitrogens with zero attached hydrogens (tertiary/aromatic N) is 2. The molecule has 0 aromatic heterocycles. The summed E-state index contributed by atoms with van der Waals surface area (Å²) in [6.07, 6.45) is 0. The normalized spacial score (nSPS) is 13.3. The molecule has 2 aromatic carbocycles. The standard InChI is InChI=1S/C15H12ClN3O4/c1-17-13-7-14-11(6-12(13)16)15(20)18(8-23-14)9-2-4-10(5-3-9)19(21)22/h2-7,17H,8H2,1H3. The molecule has 0 fully saturated rings. The fourth-order valence-electron chi connectivity index (χ4n) is 2.32. The number of hydrogen-bond acceptors (Lipinski definition) is 5. The Kier molecular flexibility index (Phi) is 3.79. The zero-order valence-electron chi connectivity index (χ0n) is 12.1. The molecule has 0 bridgehead atoms. The van der Waals surface area contributed by atoms with Gasteiger partial charge in [-0.2, -0.15) is 0 Å². The zero-order valence-corrected chi connectivity index (χ0v) is 12.8. The van der Waals surface area contributed by atoms with Gasteiger partial charge in [-0.25, -0.2) is 0 Å². The van der Waals surface area contributed by atoms with E-state index in [1.54, 1.807) is 19.2 Å². The average Bonchev–Trinajstić information content (AvgIpc) is 2.55. The van der Waals surface area contributed by atoms with E-state index in [0.717, 1.165) is 0 Å². The summed E-state index contributed by atoms with van der Waals surface area (Å²) in [5.74, 6) is 0.173. The molecule has 1 amide bonds. The zero-order chi connectivity index (χ0) is 16.6. The second kappa shape index (κ2) is 5.77. The Morgan fingerprint density at radius 2 is 2.00 bits per heavy atom. The first kappa shape index (κ1) is 15.1. The summed E-state index contributed by atoms with van der Waals surface area (Å²) >= 11 is 6.11. The number of fused-ring (bicyclic) bond motifs is 1. The monoisotopic (exact) mass is 333 g/mol. The number of anilines is 2. The fourth-order valence-corrected chi connectivity index (χ4v) is 2.57. The Hall–Kier alpha value is -2.80. The molecular formula is C15H12ClN3O4. The number of halogens is 1. The van der Waals surface area contributed by atoms with Crippen LogP contribution in [-0.4, -0.2) is 24.6 Å². The van der Waals surface area contributed by atoms with Crippen LogP contribution in [0.2, 0.25) is 5.02 Å². The van der Waals surface area contributed by atoms with Crippen molar-refractivity contribution in [3.63, 3.8) is 0 Å². The molecule has 8 heteroatoms. The lowest BCUT2D eigenvalue weighted by molar-refractivity contribution is -0.384. The molecule has 1 heterocycles. The summed E-state index contributed by atoms with van der Waals surface area (Å²) in [6, 6.07) is 8.91. The predicted octanol–water partition coefficient (Wildman–Crippen LogP) is 3.29. The van der Waals surface area contributed by atoms with E-state index in [0.29, 0.717) is 27.7 Å². The Morgan fingerprint density at radius 1 is 1.30 bits per heavy atom. The summed E-state index contributed by atoms with van der Waals surface area (Å²) < 4.78 is 5.61. The van der Waals surface area contributed by atoms with E-state index in [1.807, 2.05) is 0 Å². The SMILES string of the molecule is CNc1cc2c(cc1Cl)C(=O)N(c1ccc([N+](=O)[O-])cc1)CO2. The van der Waals surface area contributed by atoms with E-state index >= 15 is 0 Å². The molecule has 2 aromatic rings. The number of ether oxygens (including phenoxy) is 1. The minimum absolute atomic E-state index is 0.0223. The van der Waals surface area contributed by atoms with Gasteiger partial charge in [0.15, 0.2) is 6.73 Å². The van der Waals surface area contributed by atoms with Gasteiger partial charge in [0.1, 0.15) is 5.75 Å². The van der Waals surface area contributed by atoms with E-state index in [4.69, 9.17) is 16.3 Å². The van der Waals surface area contributed by atoms with E-state index in [1.165, 1.54) is 29.2 Å². The third-order valence-electron chi connectivity index (χ3n) is 3.54. The van der Waals surface area contributed by atoms with E-state index in [-0.39, 0.29) is 18.3 Å². The van der Waals surface area contributed by atoms with E-state index in [9.17, 15) is 14.9 Å². The number of carbonyl (C=O) groups is 1. The van der Waals surface area contributed by atoms with Crippen molar-refractivity contribution >= 4 is 34.6 Å². The quantitative estimate of drug-likeness (QED) is 0.688. The van der Waals surface area contributed by atoms with Gasteiger partial charge >= 0.3 is 0 Å². The number of nitro benzene ring substituents is 1. The number of nitro groups is 1. The molecule has 0 unspecified atom stereocenters. The van der Waals surface area contributed by atoms with Gasteiger partial charge in [-0.05, 0) is 18.2 Å². The maximum Gasteiger partial charge on any atom is 0.269 e. The van der Waals surface area contributed by atoms with Crippen molar-refractivity contribution in [3.8, 4) is 5.75 Å². The molecule has 3 rings (SSSR count). The highest BCUT2D eigenvalue weighted by Gasteiger charge is 2.28. The highest BCUT2D eigenvalue weighted by molar-refractivity contribution is 6.34. The number of hydrogen-bond donors (Lipinski definition) is 1. The highest BCUT2D eigenvalue weighted by atomic mass is 35.5. The van der Waals surface area contributed by atoms with Crippen molar-refractivity contribution in [2.75, 3.05) is 24.0 Å². The van der Waals surface area contributed by atoms with Crippen molar-refractivity contribution in [2.45, 2.75) is 0 Å². The van der Waals surface area contributed by atoms with Crippen LogP contribution in [0.3, 0.4) is 0 Å². The minimum atomic E-state index is -0.493. The predicted molar refractivity (Wildman–Crippen MR) is 86.4 cm³/mol. The van der Waals surface area contributed by atoms with Crippen LogP contribution < -0.4 is 15.0 Å². The summed E-state index contributed by atoms with van der Waals surface area (Å²) in [4.78, 5) is 24.2. The fraction of sp³-hybridized carbons (Fsp3) is 0.133. The van der Waals surface area contributed by atoms with Gasteiger partial charge in [-0.15, -0.1) is 0 Å². The lowest BCUT2D eigenvalue weighted by Gasteiger charge is -2.29. The van der Waals surface area contributed by atoms with E-state index < -0.39 is 4.92 Å². The van der Waals surface area contributed by atoms with Gasteiger partial charge in [0.05, 0.1) is 21.2 Å². The summed E-state index contributed by atoms with van der Waals surface area (Å²) in [7, 11) is 1.72.